The van der Waals surface area contributed by atoms with E-state index >= 15 is 0 Å². The fourth-order valence-corrected chi connectivity index (χ4v) is 8.51. The lowest BCUT2D eigenvalue weighted by Gasteiger charge is -2.60. The first kappa shape index (κ1) is 15.9. The Morgan fingerprint density at radius 3 is 2.96 bits per heavy atom. The van der Waals surface area contributed by atoms with Crippen molar-refractivity contribution in [1.29, 1.82) is 0 Å². The van der Waals surface area contributed by atoms with Crippen molar-refractivity contribution in [2.75, 3.05) is 19.7 Å². The van der Waals surface area contributed by atoms with Crippen LogP contribution in [0.2, 0.25) is 0 Å². The highest BCUT2D eigenvalue weighted by Gasteiger charge is 2.75. The molecule has 6 rings (SSSR count). The molecule has 0 aromatic rings. The van der Waals surface area contributed by atoms with E-state index in [1.54, 1.807) is 5.57 Å². The van der Waals surface area contributed by atoms with Crippen LogP contribution in [-0.4, -0.2) is 42.4 Å². The average Bonchev–Trinajstić information content (AvgIpc) is 3.12. The van der Waals surface area contributed by atoms with E-state index in [0.717, 1.165) is 25.9 Å². The van der Waals surface area contributed by atoms with Gasteiger partial charge < -0.3 is 4.74 Å². The van der Waals surface area contributed by atoms with E-state index in [-0.39, 0.29) is 28.6 Å². The van der Waals surface area contributed by atoms with Gasteiger partial charge in [-0.05, 0) is 50.4 Å². The Bertz CT molecular complexity index is 729. The molecule has 7 atom stereocenters. The Morgan fingerprint density at radius 2 is 2.08 bits per heavy atom. The fraction of sp³-hybridized carbons (Fsp3) is 0.818. The van der Waals surface area contributed by atoms with Gasteiger partial charge in [0.1, 0.15) is 5.78 Å². The van der Waals surface area contributed by atoms with E-state index in [1.807, 2.05) is 0 Å². The fourth-order valence-electron chi connectivity index (χ4n) is 8.51. The number of rotatable bonds is 0. The number of fused-ring (bicyclic) bond motifs is 1. The van der Waals surface area contributed by atoms with Crippen LogP contribution in [-0.2, 0) is 14.3 Å². The molecule has 0 aromatic heterocycles. The maximum Gasteiger partial charge on any atom is 0.305 e. The molecule has 5 fully saturated rings. The number of hydrogen-bond donors (Lipinski definition) is 0. The van der Waals surface area contributed by atoms with Crippen molar-refractivity contribution >= 4 is 11.8 Å². The minimum Gasteiger partial charge on any atom is -0.465 e. The summed E-state index contributed by atoms with van der Waals surface area (Å²) in [6.45, 7) is 4.71. The van der Waals surface area contributed by atoms with Gasteiger partial charge in [-0.2, -0.15) is 0 Å². The molecule has 0 N–H and O–H groups in total. The number of piperidine rings is 2. The van der Waals surface area contributed by atoms with Gasteiger partial charge in [0.05, 0.1) is 6.61 Å². The molecule has 26 heavy (non-hydrogen) atoms. The summed E-state index contributed by atoms with van der Waals surface area (Å²) >= 11 is 0. The standard InChI is InChI=1S/C22H29NO3/c1-13-10-23-11-15-6-5-14-3-2-4-17(14)22-8-7-18(24)26-12-21(15,22)9-16(19(13)25)20(22)23/h4,13-16,20H,2-3,5-12H2,1H3/t13-,14+,15-,16-,20+,21-,22+/m1/s1. The van der Waals surface area contributed by atoms with Crippen LogP contribution in [0.1, 0.15) is 51.9 Å². The second-order valence-electron chi connectivity index (χ2n) is 10.0. The Labute approximate surface area is 155 Å². The minimum atomic E-state index is -0.0203. The second-order valence-corrected chi connectivity index (χ2v) is 10.0. The average molecular weight is 355 g/mol. The van der Waals surface area contributed by atoms with Crippen molar-refractivity contribution in [2.45, 2.75) is 57.9 Å². The summed E-state index contributed by atoms with van der Waals surface area (Å²) in [5.41, 5.74) is 1.66. The number of carbonyl (C=O) groups excluding carboxylic acids is 2. The molecular formula is C22H29NO3. The summed E-state index contributed by atoms with van der Waals surface area (Å²) in [4.78, 5) is 28.2. The number of cyclic esters (lactones) is 1. The van der Waals surface area contributed by atoms with E-state index in [1.165, 1.54) is 25.7 Å². The van der Waals surface area contributed by atoms with E-state index in [2.05, 4.69) is 17.9 Å². The molecular weight excluding hydrogens is 326 g/mol. The van der Waals surface area contributed by atoms with E-state index < -0.39 is 0 Å². The Morgan fingerprint density at radius 1 is 1.19 bits per heavy atom. The molecule has 0 radical (unpaired) electrons. The summed E-state index contributed by atoms with van der Waals surface area (Å²) in [5, 5.41) is 0. The Balaban J connectivity index is 1.62. The SMILES string of the molecule is C[C@@H]1CN2C[C@H]3CC[C@@H]4CCC=C4[C@]45CCC(=O)OC[C@]34C[C@H](C1=O)[C@H]25. The zero-order chi connectivity index (χ0) is 17.7. The smallest absolute Gasteiger partial charge is 0.305 e. The third-order valence-corrected chi connectivity index (χ3v) is 9.26. The van der Waals surface area contributed by atoms with Crippen molar-refractivity contribution in [3.05, 3.63) is 11.6 Å². The molecule has 3 saturated heterocycles. The largest absolute Gasteiger partial charge is 0.465 e. The van der Waals surface area contributed by atoms with Crippen LogP contribution in [0, 0.1) is 34.5 Å². The van der Waals surface area contributed by atoms with Crippen LogP contribution in [0.5, 0.6) is 0 Å². The van der Waals surface area contributed by atoms with Crippen LogP contribution in [0.4, 0.5) is 0 Å². The van der Waals surface area contributed by atoms with Crippen LogP contribution in [0.25, 0.3) is 0 Å². The van der Waals surface area contributed by atoms with Crippen molar-refractivity contribution in [3.8, 4) is 0 Å². The first-order chi connectivity index (χ1) is 12.6. The van der Waals surface area contributed by atoms with Gasteiger partial charge in [0.2, 0.25) is 0 Å². The van der Waals surface area contributed by atoms with Crippen molar-refractivity contribution in [1.82, 2.24) is 4.90 Å². The van der Waals surface area contributed by atoms with Crippen LogP contribution in [0.3, 0.4) is 0 Å². The monoisotopic (exact) mass is 355 g/mol. The predicted octanol–water partition coefficient (Wildman–Crippen LogP) is 2.97. The van der Waals surface area contributed by atoms with Crippen molar-refractivity contribution < 1.29 is 14.3 Å². The quantitative estimate of drug-likeness (QED) is 0.495. The highest BCUT2D eigenvalue weighted by Crippen LogP contribution is 2.74. The summed E-state index contributed by atoms with van der Waals surface area (Å²) in [5.74, 6) is 2.03. The van der Waals surface area contributed by atoms with E-state index in [0.29, 0.717) is 36.7 Å². The summed E-state index contributed by atoms with van der Waals surface area (Å²) in [6, 6.07) is 0.321. The first-order valence-corrected chi connectivity index (χ1v) is 10.7. The van der Waals surface area contributed by atoms with Crippen molar-refractivity contribution in [2.24, 2.45) is 34.5 Å². The van der Waals surface area contributed by atoms with E-state index in [4.69, 9.17) is 4.74 Å². The molecule has 0 spiro atoms. The molecule has 0 amide bonds. The van der Waals surface area contributed by atoms with Crippen LogP contribution < -0.4 is 0 Å². The molecule has 2 saturated carbocycles. The van der Waals surface area contributed by atoms with Gasteiger partial charge in [-0.25, -0.2) is 0 Å². The maximum absolute atomic E-state index is 13.2. The van der Waals surface area contributed by atoms with E-state index in [9.17, 15) is 9.59 Å². The molecule has 4 heteroatoms. The van der Waals surface area contributed by atoms with Gasteiger partial charge in [-0.15, -0.1) is 0 Å². The molecule has 140 valence electrons. The normalized spacial score (nSPS) is 52.5. The zero-order valence-corrected chi connectivity index (χ0v) is 15.7. The topological polar surface area (TPSA) is 46.6 Å². The van der Waals surface area contributed by atoms with Gasteiger partial charge in [-0.3, -0.25) is 14.5 Å². The highest BCUT2D eigenvalue weighted by atomic mass is 16.5. The molecule has 0 aromatic carbocycles. The molecule has 0 unspecified atom stereocenters. The summed E-state index contributed by atoms with van der Waals surface area (Å²) in [7, 11) is 0. The molecule has 3 heterocycles. The first-order valence-electron chi connectivity index (χ1n) is 10.7. The third-order valence-electron chi connectivity index (χ3n) is 9.26. The Kier molecular flexibility index (Phi) is 3.05. The lowest BCUT2D eigenvalue weighted by Crippen LogP contribution is -2.65. The molecule has 4 bridgehead atoms. The van der Waals surface area contributed by atoms with Gasteiger partial charge in [0.15, 0.2) is 0 Å². The summed E-state index contributed by atoms with van der Waals surface area (Å²) < 4.78 is 5.84. The number of allylic oxidation sites excluding steroid dienone is 1. The lowest BCUT2D eigenvalue weighted by molar-refractivity contribution is -0.151. The molecule has 3 aliphatic carbocycles. The predicted molar refractivity (Wildman–Crippen MR) is 96.2 cm³/mol. The van der Waals surface area contributed by atoms with Crippen molar-refractivity contribution in [3.63, 3.8) is 0 Å². The number of esters is 1. The zero-order valence-electron chi connectivity index (χ0n) is 15.7. The van der Waals surface area contributed by atoms with Crippen LogP contribution >= 0.6 is 0 Å². The number of hydrogen-bond acceptors (Lipinski definition) is 4. The number of Topliss-reactive ketones (excluding diaryl/α,β-unsaturated/α-hetero) is 1. The number of nitrogens with zero attached hydrogens (tertiary/aromatic N) is 1. The number of ether oxygens (including phenoxy) is 1. The molecule has 3 aliphatic heterocycles. The van der Waals surface area contributed by atoms with Gasteiger partial charge in [0.25, 0.3) is 0 Å². The minimum absolute atomic E-state index is 0.00956. The Hall–Kier alpha value is -1.16. The molecule has 4 nitrogen and oxygen atoms in total. The van der Waals surface area contributed by atoms with Crippen LogP contribution in [0.15, 0.2) is 11.6 Å². The third kappa shape index (κ3) is 1.63. The summed E-state index contributed by atoms with van der Waals surface area (Å²) in [6.07, 6.45) is 9.90. The lowest BCUT2D eigenvalue weighted by atomic mass is 9.51. The molecule has 6 aliphatic rings. The van der Waals surface area contributed by atoms with Gasteiger partial charge >= 0.3 is 5.97 Å². The highest BCUT2D eigenvalue weighted by molar-refractivity contribution is 5.86. The number of ketones is 1. The van der Waals surface area contributed by atoms with Gasteiger partial charge in [-0.1, -0.05) is 18.6 Å². The second kappa shape index (κ2) is 5.01. The number of carbonyl (C=O) groups is 2. The van der Waals surface area contributed by atoms with Gasteiger partial charge in [0, 0.05) is 48.2 Å². The maximum atomic E-state index is 13.2.